The van der Waals surface area contributed by atoms with Gasteiger partial charge >= 0.3 is 0 Å². The molecule has 0 radical (unpaired) electrons. The molecule has 0 amide bonds. The second-order valence-corrected chi connectivity index (χ2v) is 2.77. The maximum Gasteiger partial charge on any atom is 0.0770 e. The van der Waals surface area contributed by atoms with Crippen LogP contribution in [0.3, 0.4) is 0 Å². The van der Waals surface area contributed by atoms with Gasteiger partial charge in [0.15, 0.2) is 0 Å². The van der Waals surface area contributed by atoms with E-state index in [0.717, 1.165) is 0 Å². The van der Waals surface area contributed by atoms with E-state index in [1.165, 1.54) is 5.54 Å². The molecular formula is C8H10Cl2O. The fourth-order valence-corrected chi connectivity index (χ4v) is 0.772. The summed E-state index contributed by atoms with van der Waals surface area (Å²) in [5.41, 5.74) is 1.91. The smallest absolute Gasteiger partial charge is 0.0770 e. The Morgan fingerprint density at radius 1 is 1.55 bits per heavy atom. The number of hydrogen-bond donors (Lipinski definition) is 1. The van der Waals surface area contributed by atoms with Crippen molar-refractivity contribution in [2.45, 2.75) is 13.0 Å². The first-order valence-electron chi connectivity index (χ1n) is 3.08. The SMILES string of the molecule is C=C(Cl)/C=C\C(=C/Cl)C(C)O. The van der Waals surface area contributed by atoms with Crippen LogP contribution in [0.5, 0.6) is 0 Å². The number of halogens is 2. The molecule has 62 valence electrons. The molecule has 1 nitrogen and oxygen atoms in total. The molecule has 0 aliphatic heterocycles. The highest BCUT2D eigenvalue weighted by atomic mass is 35.5. The van der Waals surface area contributed by atoms with E-state index in [1.54, 1.807) is 19.1 Å². The van der Waals surface area contributed by atoms with Gasteiger partial charge in [0.1, 0.15) is 0 Å². The number of allylic oxidation sites excluding steroid dienone is 2. The molecule has 3 heteroatoms. The van der Waals surface area contributed by atoms with Gasteiger partial charge in [0, 0.05) is 10.6 Å². The van der Waals surface area contributed by atoms with Crippen molar-refractivity contribution in [2.24, 2.45) is 0 Å². The summed E-state index contributed by atoms with van der Waals surface area (Å²) >= 11 is 10.9. The van der Waals surface area contributed by atoms with E-state index < -0.39 is 6.10 Å². The van der Waals surface area contributed by atoms with Crippen LogP contribution in [-0.2, 0) is 0 Å². The molecule has 0 fully saturated rings. The third-order valence-corrected chi connectivity index (χ3v) is 1.44. The van der Waals surface area contributed by atoms with E-state index in [4.69, 9.17) is 28.3 Å². The van der Waals surface area contributed by atoms with Crippen molar-refractivity contribution in [1.29, 1.82) is 0 Å². The molecule has 0 bridgehead atoms. The number of hydrogen-bond acceptors (Lipinski definition) is 1. The van der Waals surface area contributed by atoms with Crippen molar-refractivity contribution in [3.63, 3.8) is 0 Å². The van der Waals surface area contributed by atoms with Gasteiger partial charge in [-0.1, -0.05) is 35.9 Å². The van der Waals surface area contributed by atoms with Crippen LogP contribution in [-0.4, -0.2) is 11.2 Å². The summed E-state index contributed by atoms with van der Waals surface area (Å²) in [6, 6.07) is 0. The Kier molecular flexibility index (Phi) is 5.30. The first-order valence-corrected chi connectivity index (χ1v) is 3.90. The van der Waals surface area contributed by atoms with Crippen LogP contribution in [0.4, 0.5) is 0 Å². The molecular weight excluding hydrogens is 183 g/mol. The quantitative estimate of drug-likeness (QED) is 0.683. The van der Waals surface area contributed by atoms with Crippen LogP contribution in [0.15, 0.2) is 34.9 Å². The molecule has 0 saturated heterocycles. The molecule has 0 heterocycles. The Bertz CT molecular complexity index is 192. The first-order chi connectivity index (χ1) is 5.07. The Morgan fingerprint density at radius 2 is 2.09 bits per heavy atom. The highest BCUT2D eigenvalue weighted by Gasteiger charge is 1.98. The maximum atomic E-state index is 9.05. The highest BCUT2D eigenvalue weighted by molar-refractivity contribution is 6.30. The number of rotatable bonds is 3. The molecule has 0 rings (SSSR count). The Morgan fingerprint density at radius 3 is 2.36 bits per heavy atom. The molecule has 1 unspecified atom stereocenters. The summed E-state index contributed by atoms with van der Waals surface area (Å²) < 4.78 is 0. The molecule has 0 aromatic rings. The predicted octanol–water partition coefficient (Wildman–Crippen LogP) is 2.80. The standard InChI is InChI=1S/C8H10Cl2O/c1-6(10)3-4-8(5-9)7(2)11/h3-5,7,11H,1H2,2H3/b4-3-,8-5+. The summed E-state index contributed by atoms with van der Waals surface area (Å²) in [5.74, 6) is 0. The molecule has 0 spiro atoms. The molecule has 1 atom stereocenters. The molecule has 0 aromatic heterocycles. The highest BCUT2D eigenvalue weighted by Crippen LogP contribution is 2.08. The van der Waals surface area contributed by atoms with Crippen molar-refractivity contribution in [3.8, 4) is 0 Å². The van der Waals surface area contributed by atoms with E-state index in [9.17, 15) is 0 Å². The van der Waals surface area contributed by atoms with Gasteiger partial charge in [0.25, 0.3) is 0 Å². The van der Waals surface area contributed by atoms with Gasteiger partial charge in [-0.2, -0.15) is 0 Å². The van der Waals surface area contributed by atoms with Gasteiger partial charge in [0.05, 0.1) is 6.10 Å². The summed E-state index contributed by atoms with van der Waals surface area (Å²) in [6.45, 7) is 5.07. The minimum atomic E-state index is -0.584. The van der Waals surface area contributed by atoms with Crippen LogP contribution in [0, 0.1) is 0 Å². The third kappa shape index (κ3) is 5.08. The van der Waals surface area contributed by atoms with Crippen molar-refractivity contribution in [2.75, 3.05) is 0 Å². The van der Waals surface area contributed by atoms with Crippen LogP contribution in [0.2, 0.25) is 0 Å². The minimum Gasteiger partial charge on any atom is -0.389 e. The van der Waals surface area contributed by atoms with E-state index >= 15 is 0 Å². The van der Waals surface area contributed by atoms with Gasteiger partial charge in [-0.05, 0) is 18.6 Å². The molecule has 1 N–H and O–H groups in total. The van der Waals surface area contributed by atoms with Crippen LogP contribution in [0.1, 0.15) is 6.92 Å². The average Bonchev–Trinajstić information content (AvgIpc) is 1.87. The second-order valence-electron chi connectivity index (χ2n) is 2.07. The lowest BCUT2D eigenvalue weighted by atomic mass is 10.2. The molecule has 0 aliphatic rings. The van der Waals surface area contributed by atoms with Gasteiger partial charge in [-0.3, -0.25) is 0 Å². The lowest BCUT2D eigenvalue weighted by molar-refractivity contribution is 0.235. The fraction of sp³-hybridized carbons (Fsp3) is 0.250. The molecule has 0 saturated carbocycles. The van der Waals surface area contributed by atoms with Crippen LogP contribution >= 0.6 is 23.2 Å². The molecule has 0 aliphatic carbocycles. The van der Waals surface area contributed by atoms with E-state index in [0.29, 0.717) is 10.6 Å². The Balaban J connectivity index is 4.22. The average molecular weight is 193 g/mol. The summed E-state index contributed by atoms with van der Waals surface area (Å²) in [6.07, 6.45) is 2.61. The van der Waals surface area contributed by atoms with Gasteiger partial charge in [-0.15, -0.1) is 0 Å². The van der Waals surface area contributed by atoms with E-state index in [2.05, 4.69) is 6.58 Å². The van der Waals surface area contributed by atoms with Crippen LogP contribution in [0.25, 0.3) is 0 Å². The summed E-state index contributed by atoms with van der Waals surface area (Å²) in [5, 5.41) is 9.45. The lowest BCUT2D eigenvalue weighted by Crippen LogP contribution is -2.00. The number of aliphatic hydroxyl groups excluding tert-OH is 1. The zero-order chi connectivity index (χ0) is 8.85. The molecule has 11 heavy (non-hydrogen) atoms. The predicted molar refractivity (Wildman–Crippen MR) is 49.7 cm³/mol. The lowest BCUT2D eigenvalue weighted by Gasteiger charge is -2.01. The van der Waals surface area contributed by atoms with Crippen molar-refractivity contribution in [1.82, 2.24) is 0 Å². The normalized spacial score (nSPS) is 15.5. The maximum absolute atomic E-state index is 9.05. The summed E-state index contributed by atoms with van der Waals surface area (Å²) in [7, 11) is 0. The van der Waals surface area contributed by atoms with Crippen molar-refractivity contribution in [3.05, 3.63) is 34.9 Å². The van der Waals surface area contributed by atoms with Gasteiger partial charge in [0.2, 0.25) is 0 Å². The largest absolute Gasteiger partial charge is 0.389 e. The minimum absolute atomic E-state index is 0.404. The van der Waals surface area contributed by atoms with E-state index in [1.807, 2.05) is 0 Å². The van der Waals surface area contributed by atoms with Crippen molar-refractivity contribution < 1.29 is 5.11 Å². The second kappa shape index (κ2) is 5.42. The topological polar surface area (TPSA) is 20.2 Å². The monoisotopic (exact) mass is 192 g/mol. The van der Waals surface area contributed by atoms with E-state index in [-0.39, 0.29) is 0 Å². The first kappa shape index (κ1) is 10.8. The zero-order valence-electron chi connectivity index (χ0n) is 6.22. The summed E-state index contributed by atoms with van der Waals surface area (Å²) in [4.78, 5) is 0. The fourth-order valence-electron chi connectivity index (χ4n) is 0.453. The van der Waals surface area contributed by atoms with Crippen LogP contribution < -0.4 is 0 Å². The Hall–Kier alpha value is -0.240. The Labute approximate surface area is 76.6 Å². The third-order valence-electron chi connectivity index (χ3n) is 1.07. The zero-order valence-corrected chi connectivity index (χ0v) is 7.73. The van der Waals surface area contributed by atoms with Crippen molar-refractivity contribution >= 4 is 23.2 Å². The number of aliphatic hydroxyl groups is 1. The van der Waals surface area contributed by atoms with Gasteiger partial charge < -0.3 is 5.11 Å². The molecule has 0 aromatic carbocycles. The van der Waals surface area contributed by atoms with Gasteiger partial charge in [-0.25, -0.2) is 0 Å².